The molecule has 1 fully saturated rings. The summed E-state index contributed by atoms with van der Waals surface area (Å²) in [5.41, 5.74) is 6.68. The molecular weight excluding hydrogens is 252 g/mol. The molecule has 1 aromatic rings. The largest absolute Gasteiger partial charge is 0.491 e. The van der Waals surface area contributed by atoms with Crippen molar-refractivity contribution in [1.29, 1.82) is 0 Å². The van der Waals surface area contributed by atoms with Gasteiger partial charge >= 0.3 is 0 Å². The van der Waals surface area contributed by atoms with E-state index in [1.165, 1.54) is 5.56 Å². The molecule has 1 aliphatic rings. The Bertz CT molecular complexity index is 476. The van der Waals surface area contributed by atoms with E-state index in [4.69, 9.17) is 10.5 Å². The molecule has 0 saturated heterocycles. The van der Waals surface area contributed by atoms with Gasteiger partial charge in [0.2, 0.25) is 5.91 Å². The summed E-state index contributed by atoms with van der Waals surface area (Å²) in [4.78, 5) is 11.4. The van der Waals surface area contributed by atoms with Crippen LogP contribution in [-0.4, -0.2) is 24.6 Å². The Labute approximate surface area is 120 Å². The summed E-state index contributed by atoms with van der Waals surface area (Å²) in [6, 6.07) is 8.00. The molecule has 0 radical (unpaired) electrons. The third-order valence-corrected chi connectivity index (χ3v) is 3.47. The number of hydrogen-bond donors (Lipinski definition) is 2. The average Bonchev–Trinajstić information content (AvgIpc) is 3.17. The number of primary amides is 1. The molecular formula is C16H24N2O2. The first-order chi connectivity index (χ1) is 9.36. The van der Waals surface area contributed by atoms with Crippen LogP contribution in [0, 0.1) is 0 Å². The summed E-state index contributed by atoms with van der Waals surface area (Å²) in [6.07, 6.45) is 2.23. The number of amides is 1. The molecule has 0 aliphatic heterocycles. The van der Waals surface area contributed by atoms with Crippen LogP contribution in [-0.2, 0) is 10.2 Å². The fraction of sp³-hybridized carbons (Fsp3) is 0.562. The van der Waals surface area contributed by atoms with Gasteiger partial charge in [0.1, 0.15) is 18.4 Å². The van der Waals surface area contributed by atoms with Crippen molar-refractivity contribution in [2.24, 2.45) is 5.73 Å². The van der Waals surface area contributed by atoms with Crippen LogP contribution >= 0.6 is 0 Å². The molecule has 1 saturated carbocycles. The lowest BCUT2D eigenvalue weighted by molar-refractivity contribution is -0.120. The quantitative estimate of drug-likeness (QED) is 0.835. The molecule has 110 valence electrons. The zero-order chi connectivity index (χ0) is 14.8. The van der Waals surface area contributed by atoms with Gasteiger partial charge in [-0.1, -0.05) is 32.9 Å². The molecule has 0 heterocycles. The van der Waals surface area contributed by atoms with Gasteiger partial charge in [0.15, 0.2) is 0 Å². The van der Waals surface area contributed by atoms with Crippen molar-refractivity contribution in [2.45, 2.75) is 51.1 Å². The van der Waals surface area contributed by atoms with E-state index in [0.717, 1.165) is 18.6 Å². The number of benzene rings is 1. The summed E-state index contributed by atoms with van der Waals surface area (Å²) < 4.78 is 5.73. The molecule has 0 spiro atoms. The summed E-state index contributed by atoms with van der Waals surface area (Å²) in [5, 5.41) is 3.21. The predicted molar refractivity (Wildman–Crippen MR) is 79.8 cm³/mol. The van der Waals surface area contributed by atoms with Crippen LogP contribution in [0.25, 0.3) is 0 Å². The first-order valence-corrected chi connectivity index (χ1v) is 7.15. The average molecular weight is 276 g/mol. The van der Waals surface area contributed by atoms with Crippen LogP contribution in [0.1, 0.15) is 39.2 Å². The van der Waals surface area contributed by atoms with E-state index in [1.54, 1.807) is 0 Å². The predicted octanol–water partition coefficient (Wildman–Crippen LogP) is 1.97. The van der Waals surface area contributed by atoms with Crippen LogP contribution < -0.4 is 15.8 Å². The summed E-state index contributed by atoms with van der Waals surface area (Å²) in [6.45, 7) is 6.76. The number of rotatable bonds is 6. The number of nitrogens with two attached hydrogens (primary N) is 1. The maximum Gasteiger partial charge on any atom is 0.238 e. The Morgan fingerprint density at radius 3 is 2.70 bits per heavy atom. The Balaban J connectivity index is 1.96. The molecule has 3 N–H and O–H groups in total. The van der Waals surface area contributed by atoms with Crippen LogP contribution in [0.15, 0.2) is 24.3 Å². The highest BCUT2D eigenvalue weighted by Gasteiger charge is 2.27. The van der Waals surface area contributed by atoms with Crippen molar-refractivity contribution >= 4 is 5.91 Å². The molecule has 1 aliphatic carbocycles. The van der Waals surface area contributed by atoms with Crippen LogP contribution in [0.2, 0.25) is 0 Å². The summed E-state index contributed by atoms with van der Waals surface area (Å²) >= 11 is 0. The molecule has 1 atom stereocenters. The maximum atomic E-state index is 11.4. The topological polar surface area (TPSA) is 64.3 Å². The number of ether oxygens (including phenoxy) is 1. The lowest BCUT2D eigenvalue weighted by atomic mass is 9.87. The second-order valence-electron chi connectivity index (χ2n) is 6.48. The fourth-order valence-corrected chi connectivity index (χ4v) is 1.98. The van der Waals surface area contributed by atoms with E-state index in [0.29, 0.717) is 6.04 Å². The van der Waals surface area contributed by atoms with Crippen molar-refractivity contribution in [1.82, 2.24) is 5.32 Å². The van der Waals surface area contributed by atoms with Gasteiger partial charge in [0.25, 0.3) is 0 Å². The van der Waals surface area contributed by atoms with Crippen LogP contribution in [0.4, 0.5) is 0 Å². The van der Waals surface area contributed by atoms with Gasteiger partial charge in [-0.25, -0.2) is 0 Å². The van der Waals surface area contributed by atoms with Gasteiger partial charge in [-0.05, 0) is 36.0 Å². The highest BCUT2D eigenvalue weighted by Crippen LogP contribution is 2.25. The van der Waals surface area contributed by atoms with E-state index in [2.05, 4.69) is 32.2 Å². The lowest BCUT2D eigenvalue weighted by Crippen LogP contribution is -2.46. The zero-order valence-electron chi connectivity index (χ0n) is 12.5. The minimum atomic E-state index is -0.416. The van der Waals surface area contributed by atoms with Gasteiger partial charge in [-0.15, -0.1) is 0 Å². The van der Waals surface area contributed by atoms with E-state index in [1.807, 2.05) is 18.2 Å². The fourth-order valence-electron chi connectivity index (χ4n) is 1.98. The second kappa shape index (κ2) is 5.83. The number of carbonyl (C=O) groups is 1. The minimum absolute atomic E-state index is 0.0781. The molecule has 4 nitrogen and oxygen atoms in total. The van der Waals surface area contributed by atoms with Crippen molar-refractivity contribution in [3.05, 3.63) is 29.8 Å². The number of carbonyl (C=O) groups excluding carboxylic acids is 1. The second-order valence-corrected chi connectivity index (χ2v) is 6.48. The normalized spacial score (nSPS) is 16.8. The summed E-state index contributed by atoms with van der Waals surface area (Å²) in [5.74, 6) is 0.421. The van der Waals surface area contributed by atoms with Crippen molar-refractivity contribution in [3.63, 3.8) is 0 Å². The Hall–Kier alpha value is -1.55. The van der Waals surface area contributed by atoms with Crippen molar-refractivity contribution in [2.75, 3.05) is 6.61 Å². The van der Waals surface area contributed by atoms with E-state index in [-0.39, 0.29) is 17.9 Å². The molecule has 0 aromatic heterocycles. The standard InChI is InChI=1S/C16H24N2O2/c1-16(2,3)11-5-4-6-13(9-11)20-10-14(15(17)19)18-12-7-8-12/h4-6,9,12,14,18H,7-8,10H2,1-3H3,(H2,17,19). The van der Waals surface area contributed by atoms with E-state index < -0.39 is 6.04 Å². The highest BCUT2D eigenvalue weighted by atomic mass is 16.5. The van der Waals surface area contributed by atoms with Gasteiger partial charge < -0.3 is 15.8 Å². The molecule has 1 amide bonds. The third-order valence-electron chi connectivity index (χ3n) is 3.47. The SMILES string of the molecule is CC(C)(C)c1cccc(OCC(NC2CC2)C(N)=O)c1. The van der Waals surface area contributed by atoms with Gasteiger partial charge in [-0.2, -0.15) is 0 Å². The zero-order valence-corrected chi connectivity index (χ0v) is 12.5. The Morgan fingerprint density at radius 1 is 1.45 bits per heavy atom. The third kappa shape index (κ3) is 4.23. The van der Waals surface area contributed by atoms with Crippen LogP contribution in [0.3, 0.4) is 0 Å². The Morgan fingerprint density at radius 2 is 2.15 bits per heavy atom. The highest BCUT2D eigenvalue weighted by molar-refractivity contribution is 5.80. The van der Waals surface area contributed by atoms with Crippen molar-refractivity contribution < 1.29 is 9.53 Å². The number of nitrogens with one attached hydrogen (secondary N) is 1. The molecule has 0 bridgehead atoms. The molecule has 20 heavy (non-hydrogen) atoms. The lowest BCUT2D eigenvalue weighted by Gasteiger charge is -2.21. The number of hydrogen-bond acceptors (Lipinski definition) is 3. The van der Waals surface area contributed by atoms with E-state index in [9.17, 15) is 4.79 Å². The molecule has 1 aromatic carbocycles. The van der Waals surface area contributed by atoms with Crippen LogP contribution in [0.5, 0.6) is 5.75 Å². The van der Waals surface area contributed by atoms with Gasteiger partial charge in [0, 0.05) is 6.04 Å². The minimum Gasteiger partial charge on any atom is -0.491 e. The monoisotopic (exact) mass is 276 g/mol. The summed E-state index contributed by atoms with van der Waals surface area (Å²) in [7, 11) is 0. The Kier molecular flexibility index (Phi) is 4.33. The van der Waals surface area contributed by atoms with Crippen molar-refractivity contribution in [3.8, 4) is 5.75 Å². The maximum absolute atomic E-state index is 11.4. The molecule has 2 rings (SSSR count). The smallest absolute Gasteiger partial charge is 0.238 e. The molecule has 4 heteroatoms. The molecule has 1 unspecified atom stereocenters. The van der Waals surface area contributed by atoms with E-state index >= 15 is 0 Å². The first-order valence-electron chi connectivity index (χ1n) is 7.15. The van der Waals surface area contributed by atoms with Gasteiger partial charge in [-0.3, -0.25) is 4.79 Å². The first kappa shape index (κ1) is 14.9. The van der Waals surface area contributed by atoms with Gasteiger partial charge in [0.05, 0.1) is 0 Å².